The molecule has 1 aromatic carbocycles. The molecule has 5 heterocycles. The zero-order valence-electron chi connectivity index (χ0n) is 28.3. The van der Waals surface area contributed by atoms with E-state index >= 15 is 0 Å². The van der Waals surface area contributed by atoms with Gasteiger partial charge in [0.15, 0.2) is 5.78 Å². The molecule has 5 aliphatic heterocycles. The first-order chi connectivity index (χ1) is 23.5. The number of β-lactam (4-membered cyclic amide) rings is 2. The van der Waals surface area contributed by atoms with Crippen molar-refractivity contribution in [2.45, 2.75) is 103 Å². The lowest BCUT2D eigenvalue weighted by Crippen LogP contribution is -2.71. The van der Waals surface area contributed by atoms with Crippen LogP contribution in [-0.2, 0) is 54.9 Å². The summed E-state index contributed by atoms with van der Waals surface area (Å²) in [5.74, 6) is -2.23. The highest BCUT2D eigenvalue weighted by atomic mass is 32.2. The van der Waals surface area contributed by atoms with Crippen LogP contribution in [0, 0.1) is 0 Å². The van der Waals surface area contributed by atoms with Crippen LogP contribution < -0.4 is 15.4 Å². The topological polar surface area (TPSA) is 178 Å². The molecule has 1 aromatic rings. The second kappa shape index (κ2) is 11.8. The molecule has 4 saturated heterocycles. The molecule has 1 aliphatic carbocycles. The molecule has 2 N–H and O–H groups in total. The predicted molar refractivity (Wildman–Crippen MR) is 180 cm³/mol. The molecule has 0 bridgehead atoms. The quantitative estimate of drug-likeness (QED) is 0.282. The Balaban J connectivity index is 1.06. The summed E-state index contributed by atoms with van der Waals surface area (Å²) in [7, 11) is 2.56. The van der Waals surface area contributed by atoms with Crippen molar-refractivity contribution >= 4 is 64.9 Å². The average Bonchev–Trinajstić information content (AvgIpc) is 3.61. The van der Waals surface area contributed by atoms with Crippen molar-refractivity contribution in [3.8, 4) is 5.75 Å². The number of benzene rings is 1. The van der Waals surface area contributed by atoms with Gasteiger partial charge in [-0.1, -0.05) is 18.2 Å². The fourth-order valence-corrected chi connectivity index (χ4v) is 11.4. The van der Waals surface area contributed by atoms with Gasteiger partial charge >= 0.3 is 11.9 Å². The van der Waals surface area contributed by atoms with Gasteiger partial charge < -0.3 is 34.6 Å². The number of thioether (sulfide) groups is 2. The van der Waals surface area contributed by atoms with Gasteiger partial charge in [-0.2, -0.15) is 0 Å². The first-order valence-corrected chi connectivity index (χ1v) is 18.1. The molecule has 0 saturated carbocycles. The number of rotatable bonds is 8. The van der Waals surface area contributed by atoms with E-state index in [-0.39, 0.29) is 36.9 Å². The third-order valence-electron chi connectivity index (χ3n) is 10.5. The molecule has 16 heteroatoms. The highest BCUT2D eigenvalue weighted by Gasteiger charge is 2.66. The normalized spacial score (nSPS) is 33.6. The number of fused-ring (bicyclic) bond motifs is 5. The number of ketones is 1. The summed E-state index contributed by atoms with van der Waals surface area (Å²) in [5.41, 5.74) is 0.201. The highest BCUT2D eigenvalue weighted by molar-refractivity contribution is 8.02. The fraction of sp³-hybridized carbons (Fsp3) is 0.559. The number of esters is 2. The Morgan fingerprint density at radius 3 is 1.94 bits per heavy atom. The third-order valence-corrected chi connectivity index (χ3v) is 13.7. The van der Waals surface area contributed by atoms with Crippen LogP contribution in [0.2, 0.25) is 0 Å². The summed E-state index contributed by atoms with van der Waals surface area (Å²) < 4.78 is 14.9. The van der Waals surface area contributed by atoms with E-state index in [4.69, 9.17) is 14.2 Å². The van der Waals surface area contributed by atoms with E-state index in [1.54, 1.807) is 24.3 Å². The predicted octanol–water partition coefficient (Wildman–Crippen LogP) is 0.587. The van der Waals surface area contributed by atoms with Crippen molar-refractivity contribution < 1.29 is 47.8 Å². The molecule has 4 fully saturated rings. The van der Waals surface area contributed by atoms with Crippen LogP contribution in [0.4, 0.5) is 0 Å². The summed E-state index contributed by atoms with van der Waals surface area (Å²) in [4.78, 5) is 93.5. The van der Waals surface area contributed by atoms with Crippen molar-refractivity contribution in [1.82, 2.24) is 20.4 Å². The van der Waals surface area contributed by atoms with Gasteiger partial charge in [0.1, 0.15) is 46.8 Å². The van der Waals surface area contributed by atoms with Crippen LogP contribution in [0.1, 0.15) is 51.7 Å². The van der Waals surface area contributed by atoms with Gasteiger partial charge in [-0.05, 0) is 45.4 Å². The molecular weight excluding hydrogens is 689 g/mol. The monoisotopic (exact) mass is 726 g/mol. The second-order valence-electron chi connectivity index (χ2n) is 14.5. The molecule has 50 heavy (non-hydrogen) atoms. The highest BCUT2D eigenvalue weighted by Crippen LogP contribution is 2.53. The van der Waals surface area contributed by atoms with Gasteiger partial charge in [-0.3, -0.25) is 24.0 Å². The molecule has 0 spiro atoms. The summed E-state index contributed by atoms with van der Waals surface area (Å²) in [5, 5.41) is 4.85. The van der Waals surface area contributed by atoms with E-state index < -0.39 is 79.7 Å². The van der Waals surface area contributed by atoms with Crippen LogP contribution in [0.3, 0.4) is 0 Å². The number of hydrogen-bond acceptors (Lipinski definition) is 12. The van der Waals surface area contributed by atoms with E-state index in [0.29, 0.717) is 16.9 Å². The number of nitrogens with one attached hydrogen (secondary N) is 2. The lowest BCUT2D eigenvalue weighted by atomic mass is 9.69. The molecule has 8 atom stereocenters. The van der Waals surface area contributed by atoms with Crippen molar-refractivity contribution in [2.75, 3.05) is 14.2 Å². The van der Waals surface area contributed by atoms with Gasteiger partial charge in [-0.15, -0.1) is 23.5 Å². The second-order valence-corrected chi connectivity index (χ2v) is 18.0. The zero-order chi connectivity index (χ0) is 36.1. The largest absolute Gasteiger partial charge is 0.488 e. The van der Waals surface area contributed by atoms with Gasteiger partial charge in [-0.25, -0.2) is 9.59 Å². The molecule has 6 unspecified atom stereocenters. The number of amides is 4. The first kappa shape index (κ1) is 34.4. The standard InChI is InChI=1S/C34H38N4O10S2/c1-32(2)24(30(44)46-5)37-26(42)22(28(37)49-32)35-20(40)12-15-7-8-18-17(11-15)34(10-9-16(39)13-19(34)48-18)14-21(41)36-23-27(43)38-25(31(45)47-6)33(3,4)50-29(23)38/h7-11,19,22-25,28-29H,12-14H2,1-6H3,(H,35,40)(H,36,41)/t19-,22?,23?,24?,25?,28?,29?,34+/m1/s1. The summed E-state index contributed by atoms with van der Waals surface area (Å²) in [6, 6.07) is 2.07. The Hall–Kier alpha value is -4.05. The lowest BCUT2D eigenvalue weighted by Gasteiger charge is -2.44. The molecule has 14 nitrogen and oxygen atoms in total. The minimum Gasteiger partial charge on any atom is -0.488 e. The number of nitrogens with zero attached hydrogens (tertiary/aromatic N) is 2. The Morgan fingerprint density at radius 2 is 1.40 bits per heavy atom. The smallest absolute Gasteiger partial charge is 0.330 e. The molecule has 0 aromatic heterocycles. The van der Waals surface area contributed by atoms with Gasteiger partial charge in [0.2, 0.25) is 23.6 Å². The van der Waals surface area contributed by atoms with Gasteiger partial charge in [0.05, 0.1) is 26.1 Å². The first-order valence-electron chi connectivity index (χ1n) is 16.3. The van der Waals surface area contributed by atoms with Crippen molar-refractivity contribution in [2.24, 2.45) is 0 Å². The maximum Gasteiger partial charge on any atom is 0.330 e. The van der Waals surface area contributed by atoms with Crippen LogP contribution in [0.15, 0.2) is 30.4 Å². The van der Waals surface area contributed by atoms with E-state index in [2.05, 4.69) is 10.6 Å². The Morgan fingerprint density at radius 1 is 0.860 bits per heavy atom. The third kappa shape index (κ3) is 5.11. The molecule has 0 radical (unpaired) electrons. The van der Waals surface area contributed by atoms with E-state index in [0.717, 1.165) is 0 Å². The Kier molecular flexibility index (Phi) is 8.09. The maximum atomic E-state index is 13.7. The van der Waals surface area contributed by atoms with Gasteiger partial charge in [0, 0.05) is 27.9 Å². The maximum absolute atomic E-state index is 13.7. The van der Waals surface area contributed by atoms with Gasteiger partial charge in [0.25, 0.3) is 0 Å². The van der Waals surface area contributed by atoms with Crippen LogP contribution in [-0.4, -0.2) is 116 Å². The number of allylic oxidation sites excluding steroid dienone is 1. The Bertz CT molecular complexity index is 1780. The number of hydrogen-bond donors (Lipinski definition) is 2. The Labute approximate surface area is 296 Å². The van der Waals surface area contributed by atoms with Crippen LogP contribution in [0.25, 0.3) is 0 Å². The molecule has 4 amide bonds. The number of carbonyl (C=O) groups is 7. The minimum absolute atomic E-state index is 0.0418. The van der Waals surface area contributed by atoms with Crippen molar-refractivity contribution in [3.63, 3.8) is 0 Å². The zero-order valence-corrected chi connectivity index (χ0v) is 30.0. The van der Waals surface area contributed by atoms with Crippen LogP contribution in [0.5, 0.6) is 5.75 Å². The fourth-order valence-electron chi connectivity index (χ4n) is 8.14. The van der Waals surface area contributed by atoms with E-state index in [9.17, 15) is 33.6 Å². The van der Waals surface area contributed by atoms with E-state index in [1.807, 2.05) is 27.7 Å². The molecule has 7 rings (SSSR count). The summed E-state index contributed by atoms with van der Waals surface area (Å²) >= 11 is 2.86. The average molecular weight is 727 g/mol. The van der Waals surface area contributed by atoms with Crippen molar-refractivity contribution in [3.05, 3.63) is 41.5 Å². The lowest BCUT2D eigenvalue weighted by molar-refractivity contribution is -0.162. The number of ether oxygens (including phenoxy) is 3. The number of carbonyl (C=O) groups excluding carboxylic acids is 7. The SMILES string of the molecule is COC(=O)C1N2C(=O)C(NC(=O)Cc3ccc4c(c3)[C@@]3(CC(=O)NC5C(=O)N6C5SC(C)(C)C6C(=O)OC)C=CC(=O)C[C@H]3O4)C2SC1(C)C. The van der Waals surface area contributed by atoms with Crippen molar-refractivity contribution in [1.29, 1.82) is 0 Å². The molecular formula is C34H38N4O10S2. The molecule has 6 aliphatic rings. The number of methoxy groups -OCH3 is 2. The van der Waals surface area contributed by atoms with E-state index in [1.165, 1.54) is 53.6 Å². The minimum atomic E-state index is -1.04. The van der Waals surface area contributed by atoms with Crippen LogP contribution >= 0.6 is 23.5 Å². The molecule has 266 valence electrons. The summed E-state index contributed by atoms with van der Waals surface area (Å²) in [6.07, 6.45) is 2.27. The summed E-state index contributed by atoms with van der Waals surface area (Å²) in [6.45, 7) is 7.44.